The zero-order valence-corrected chi connectivity index (χ0v) is 12.9. The van der Waals surface area contributed by atoms with Crippen LogP contribution in [-0.2, 0) is 14.8 Å². The monoisotopic (exact) mass is 321 g/mol. The van der Waals surface area contributed by atoms with E-state index in [4.69, 9.17) is 21.4 Å². The summed E-state index contributed by atoms with van der Waals surface area (Å²) in [6.45, 7) is 2.58. The van der Waals surface area contributed by atoms with Gasteiger partial charge in [0.15, 0.2) is 0 Å². The van der Waals surface area contributed by atoms with E-state index in [1.165, 1.54) is 25.3 Å². The van der Waals surface area contributed by atoms with Crippen LogP contribution < -0.4 is 4.74 Å². The highest BCUT2D eigenvalue weighted by Gasteiger charge is 2.31. The molecule has 1 aromatic rings. The first-order valence-corrected chi connectivity index (χ1v) is 7.59. The number of halogens is 1. The molecule has 0 fully saturated rings. The fraction of sp³-hybridized carbons (Fsp3) is 0.417. The van der Waals surface area contributed by atoms with Gasteiger partial charge in [-0.3, -0.25) is 4.79 Å². The molecule has 8 heteroatoms. The average Bonchev–Trinajstić information content (AvgIpc) is 2.34. The molecule has 0 saturated carbocycles. The Morgan fingerprint density at radius 1 is 1.45 bits per heavy atom. The number of ether oxygens (including phenoxy) is 1. The van der Waals surface area contributed by atoms with E-state index in [1.54, 1.807) is 13.8 Å². The lowest BCUT2D eigenvalue weighted by Crippen LogP contribution is -2.40. The first-order valence-electron chi connectivity index (χ1n) is 5.77. The number of hydrogen-bond donors (Lipinski definition) is 1. The lowest BCUT2D eigenvalue weighted by atomic mass is 10.3. The Kier molecular flexibility index (Phi) is 5.38. The molecule has 0 heterocycles. The second-order valence-corrected chi connectivity index (χ2v) is 6.63. The molecule has 1 aromatic carbocycles. The van der Waals surface area contributed by atoms with Gasteiger partial charge in [-0.25, -0.2) is 8.42 Å². The predicted molar refractivity (Wildman–Crippen MR) is 74.7 cm³/mol. The quantitative estimate of drug-likeness (QED) is 0.864. The highest BCUT2D eigenvalue weighted by molar-refractivity contribution is 7.89. The Labute approximate surface area is 123 Å². The van der Waals surface area contributed by atoms with Crippen molar-refractivity contribution in [3.05, 3.63) is 23.2 Å². The molecule has 1 rings (SSSR count). The molecule has 0 atom stereocenters. The van der Waals surface area contributed by atoms with Crippen molar-refractivity contribution in [1.29, 1.82) is 0 Å². The molecule has 0 bridgehead atoms. The summed E-state index contributed by atoms with van der Waals surface area (Å²) in [6, 6.07) is 3.58. The van der Waals surface area contributed by atoms with Gasteiger partial charge in [-0.05, 0) is 26.0 Å². The molecule has 0 aliphatic carbocycles. The van der Waals surface area contributed by atoms with Crippen molar-refractivity contribution < 1.29 is 23.1 Å². The first-order chi connectivity index (χ1) is 9.20. The molecule has 0 aromatic heterocycles. The van der Waals surface area contributed by atoms with E-state index in [2.05, 4.69) is 0 Å². The molecule has 6 nitrogen and oxygen atoms in total. The Morgan fingerprint density at radius 3 is 2.50 bits per heavy atom. The molecule has 0 aliphatic heterocycles. The van der Waals surface area contributed by atoms with Gasteiger partial charge in [-0.1, -0.05) is 11.6 Å². The lowest BCUT2D eigenvalue weighted by molar-refractivity contribution is -0.137. The summed E-state index contributed by atoms with van der Waals surface area (Å²) in [4.78, 5) is 10.7. The van der Waals surface area contributed by atoms with Gasteiger partial charge in [0.1, 0.15) is 17.2 Å². The maximum absolute atomic E-state index is 12.5. The zero-order valence-electron chi connectivity index (χ0n) is 11.3. The number of carboxylic acid groups (broad SMARTS) is 1. The number of hydrogen-bond acceptors (Lipinski definition) is 4. The lowest BCUT2D eigenvalue weighted by Gasteiger charge is -2.25. The molecular weight excluding hydrogens is 306 g/mol. The Bertz CT molecular complexity index is 600. The van der Waals surface area contributed by atoms with E-state index in [0.717, 1.165) is 4.31 Å². The number of aliphatic carboxylic acids is 1. The maximum Gasteiger partial charge on any atom is 0.318 e. The van der Waals surface area contributed by atoms with Crippen LogP contribution in [0.5, 0.6) is 5.75 Å². The molecule has 0 amide bonds. The third-order valence-corrected chi connectivity index (χ3v) is 4.88. The Balaban J connectivity index is 3.36. The fourth-order valence-corrected chi connectivity index (χ4v) is 3.55. The van der Waals surface area contributed by atoms with Crippen LogP contribution in [0.15, 0.2) is 23.1 Å². The fourth-order valence-electron chi connectivity index (χ4n) is 1.66. The first kappa shape index (κ1) is 16.7. The van der Waals surface area contributed by atoms with E-state index in [9.17, 15) is 13.2 Å². The maximum atomic E-state index is 12.5. The normalized spacial score (nSPS) is 11.9. The molecule has 0 radical (unpaired) electrons. The van der Waals surface area contributed by atoms with Crippen molar-refractivity contribution in [3.8, 4) is 5.75 Å². The van der Waals surface area contributed by atoms with Crippen molar-refractivity contribution in [2.75, 3.05) is 13.7 Å². The molecule has 112 valence electrons. The minimum Gasteiger partial charge on any atom is -0.495 e. The number of carboxylic acids is 1. The van der Waals surface area contributed by atoms with Crippen LogP contribution in [-0.4, -0.2) is 43.5 Å². The number of nitrogens with zero attached hydrogens (tertiary/aromatic N) is 1. The smallest absolute Gasteiger partial charge is 0.318 e. The number of benzene rings is 1. The van der Waals surface area contributed by atoms with Gasteiger partial charge >= 0.3 is 5.97 Å². The standard InChI is InChI=1S/C12H16ClNO5S/c1-8(2)14(7-12(15)16)20(17,18)11-5-4-9(13)6-10(11)19-3/h4-6,8H,7H2,1-3H3,(H,15,16). The topological polar surface area (TPSA) is 83.9 Å². The number of carbonyl (C=O) groups is 1. The van der Waals surface area contributed by atoms with E-state index in [1.807, 2.05) is 0 Å². The summed E-state index contributed by atoms with van der Waals surface area (Å²) in [6.07, 6.45) is 0. The van der Waals surface area contributed by atoms with Crippen molar-refractivity contribution in [3.63, 3.8) is 0 Å². The van der Waals surface area contributed by atoms with Crippen LogP contribution in [0.4, 0.5) is 0 Å². The van der Waals surface area contributed by atoms with E-state index in [-0.39, 0.29) is 10.6 Å². The van der Waals surface area contributed by atoms with Gasteiger partial charge in [-0.2, -0.15) is 4.31 Å². The molecule has 0 aliphatic rings. The molecule has 1 N–H and O–H groups in total. The highest BCUT2D eigenvalue weighted by atomic mass is 35.5. The summed E-state index contributed by atoms with van der Waals surface area (Å²) in [5, 5.41) is 9.18. The van der Waals surface area contributed by atoms with Crippen LogP contribution >= 0.6 is 11.6 Å². The van der Waals surface area contributed by atoms with Crippen molar-refractivity contribution in [2.45, 2.75) is 24.8 Å². The average molecular weight is 322 g/mol. The van der Waals surface area contributed by atoms with Crippen LogP contribution in [0.25, 0.3) is 0 Å². The Morgan fingerprint density at radius 2 is 2.05 bits per heavy atom. The highest BCUT2D eigenvalue weighted by Crippen LogP contribution is 2.30. The summed E-state index contributed by atoms with van der Waals surface area (Å²) in [5.74, 6) is -1.15. The summed E-state index contributed by atoms with van der Waals surface area (Å²) in [7, 11) is -2.67. The van der Waals surface area contributed by atoms with Crippen molar-refractivity contribution in [2.24, 2.45) is 0 Å². The van der Waals surface area contributed by atoms with Gasteiger partial charge in [0, 0.05) is 17.1 Å². The summed E-state index contributed by atoms with van der Waals surface area (Å²) >= 11 is 5.79. The number of rotatable bonds is 6. The SMILES string of the molecule is COc1cc(Cl)ccc1S(=O)(=O)N(CC(=O)O)C(C)C. The Hall–Kier alpha value is -1.31. The van der Waals surface area contributed by atoms with Crippen LogP contribution in [0.3, 0.4) is 0 Å². The molecule has 0 spiro atoms. The van der Waals surface area contributed by atoms with Crippen LogP contribution in [0.1, 0.15) is 13.8 Å². The summed E-state index contributed by atoms with van der Waals surface area (Å²) in [5.41, 5.74) is 0. The van der Waals surface area contributed by atoms with Gasteiger partial charge in [0.2, 0.25) is 10.0 Å². The van der Waals surface area contributed by atoms with Gasteiger partial charge in [0.25, 0.3) is 0 Å². The van der Waals surface area contributed by atoms with Gasteiger partial charge < -0.3 is 9.84 Å². The van der Waals surface area contributed by atoms with Crippen LogP contribution in [0.2, 0.25) is 5.02 Å². The van der Waals surface area contributed by atoms with Gasteiger partial charge in [0.05, 0.1) is 7.11 Å². The minimum absolute atomic E-state index is 0.0774. The third-order valence-electron chi connectivity index (χ3n) is 2.58. The van der Waals surface area contributed by atoms with E-state index < -0.39 is 28.6 Å². The van der Waals surface area contributed by atoms with E-state index in [0.29, 0.717) is 5.02 Å². The number of sulfonamides is 1. The zero-order chi connectivity index (χ0) is 15.5. The molecule has 0 saturated heterocycles. The van der Waals surface area contributed by atoms with Gasteiger partial charge in [-0.15, -0.1) is 0 Å². The third kappa shape index (κ3) is 3.62. The molecular formula is C12H16ClNO5S. The second kappa shape index (κ2) is 6.43. The van der Waals surface area contributed by atoms with E-state index >= 15 is 0 Å². The molecule has 20 heavy (non-hydrogen) atoms. The van der Waals surface area contributed by atoms with Crippen molar-refractivity contribution in [1.82, 2.24) is 4.31 Å². The minimum atomic E-state index is -3.99. The van der Waals surface area contributed by atoms with Crippen molar-refractivity contribution >= 4 is 27.6 Å². The second-order valence-electron chi connectivity index (χ2n) is 4.33. The summed E-state index contributed by atoms with van der Waals surface area (Å²) < 4.78 is 31.0. The largest absolute Gasteiger partial charge is 0.495 e. The van der Waals surface area contributed by atoms with Crippen LogP contribution in [0, 0.1) is 0 Å². The number of methoxy groups -OCH3 is 1. The molecule has 0 unspecified atom stereocenters. The predicted octanol–water partition coefficient (Wildman–Crippen LogP) is 1.83.